The van der Waals surface area contributed by atoms with Gasteiger partial charge in [-0.3, -0.25) is 4.79 Å². The molecule has 0 aromatic heterocycles. The van der Waals surface area contributed by atoms with Crippen LogP contribution in [-0.4, -0.2) is 31.0 Å². The maximum absolute atomic E-state index is 10.6. The number of hydrogen-bond acceptors (Lipinski definition) is 4. The molecule has 0 aromatic rings. The number of hydrogen-bond donors (Lipinski definition) is 1. The van der Waals surface area contributed by atoms with Crippen molar-refractivity contribution in [3.8, 4) is 0 Å². The first kappa shape index (κ1) is 8.87. The molecule has 1 fully saturated rings. The molecule has 0 N–H and O–H groups in total. The molecule has 0 saturated carbocycles. The molecule has 0 aliphatic carbocycles. The van der Waals surface area contributed by atoms with E-state index in [0.29, 0.717) is 6.61 Å². The van der Waals surface area contributed by atoms with Crippen LogP contribution in [0.5, 0.6) is 0 Å². The summed E-state index contributed by atoms with van der Waals surface area (Å²) >= 11 is 3.78. The number of ether oxygens (including phenoxy) is 2. The monoisotopic (exact) mass is 176 g/mol. The van der Waals surface area contributed by atoms with E-state index in [-0.39, 0.29) is 17.8 Å². The Morgan fingerprint density at radius 1 is 1.73 bits per heavy atom. The highest BCUT2D eigenvalue weighted by Crippen LogP contribution is 2.11. The normalized spacial score (nSPS) is 23.5. The lowest BCUT2D eigenvalue weighted by Crippen LogP contribution is -2.18. The average molecular weight is 176 g/mol. The van der Waals surface area contributed by atoms with Gasteiger partial charge in [-0.15, -0.1) is 0 Å². The lowest BCUT2D eigenvalue weighted by molar-refractivity contribution is -0.143. The van der Waals surface area contributed by atoms with Crippen LogP contribution in [0, 0.1) is 0 Å². The molecule has 4 heteroatoms. The SMILES string of the molecule is O=C(CS)OCC1CCCO1. The van der Waals surface area contributed by atoms with Crippen LogP contribution in [0.25, 0.3) is 0 Å². The zero-order chi connectivity index (χ0) is 8.10. The summed E-state index contributed by atoms with van der Waals surface area (Å²) < 4.78 is 10.1. The second-order valence-corrected chi connectivity index (χ2v) is 2.79. The van der Waals surface area contributed by atoms with Crippen molar-refractivity contribution < 1.29 is 14.3 Å². The number of esters is 1. The van der Waals surface area contributed by atoms with Crippen LogP contribution in [0.15, 0.2) is 0 Å². The van der Waals surface area contributed by atoms with Crippen LogP contribution in [0.2, 0.25) is 0 Å². The minimum Gasteiger partial charge on any atom is -0.462 e. The quantitative estimate of drug-likeness (QED) is 0.506. The molecule has 1 heterocycles. The third-order valence-corrected chi connectivity index (χ3v) is 1.84. The first-order chi connectivity index (χ1) is 5.33. The van der Waals surface area contributed by atoms with Gasteiger partial charge in [0.15, 0.2) is 0 Å². The number of carbonyl (C=O) groups excluding carboxylic acids is 1. The van der Waals surface area contributed by atoms with E-state index in [9.17, 15) is 4.79 Å². The molecule has 0 radical (unpaired) electrons. The molecule has 1 saturated heterocycles. The van der Waals surface area contributed by atoms with E-state index in [4.69, 9.17) is 9.47 Å². The van der Waals surface area contributed by atoms with Crippen LogP contribution >= 0.6 is 12.6 Å². The van der Waals surface area contributed by atoms with Gasteiger partial charge < -0.3 is 9.47 Å². The van der Waals surface area contributed by atoms with Gasteiger partial charge in [0.2, 0.25) is 0 Å². The van der Waals surface area contributed by atoms with E-state index in [0.717, 1.165) is 19.4 Å². The van der Waals surface area contributed by atoms with Crippen LogP contribution < -0.4 is 0 Å². The van der Waals surface area contributed by atoms with Gasteiger partial charge in [0.1, 0.15) is 6.61 Å². The summed E-state index contributed by atoms with van der Waals surface area (Å²) in [5, 5.41) is 0. The van der Waals surface area contributed by atoms with Gasteiger partial charge in [-0.25, -0.2) is 0 Å². The lowest BCUT2D eigenvalue weighted by atomic mass is 10.2. The molecule has 1 rings (SSSR count). The van der Waals surface area contributed by atoms with E-state index in [2.05, 4.69) is 12.6 Å². The Labute approximate surface area is 71.5 Å². The highest BCUT2D eigenvalue weighted by atomic mass is 32.1. The zero-order valence-corrected chi connectivity index (χ0v) is 7.18. The lowest BCUT2D eigenvalue weighted by Gasteiger charge is -2.08. The fourth-order valence-electron chi connectivity index (χ4n) is 1.01. The molecule has 3 nitrogen and oxygen atoms in total. The Morgan fingerprint density at radius 3 is 3.09 bits per heavy atom. The van der Waals surface area contributed by atoms with E-state index in [1.807, 2.05) is 0 Å². The Kier molecular flexibility index (Phi) is 3.72. The summed E-state index contributed by atoms with van der Waals surface area (Å²) in [5.74, 6) is -0.129. The zero-order valence-electron chi connectivity index (χ0n) is 6.28. The third-order valence-electron chi connectivity index (χ3n) is 1.58. The Balaban J connectivity index is 2.06. The molecule has 1 aliphatic heterocycles. The number of carbonyl (C=O) groups is 1. The van der Waals surface area contributed by atoms with Crippen molar-refractivity contribution in [3.05, 3.63) is 0 Å². The highest BCUT2D eigenvalue weighted by molar-refractivity contribution is 7.81. The summed E-state index contributed by atoms with van der Waals surface area (Å²) in [7, 11) is 0. The summed E-state index contributed by atoms with van der Waals surface area (Å²) in [5.41, 5.74) is 0. The molecule has 64 valence electrons. The van der Waals surface area contributed by atoms with E-state index < -0.39 is 0 Å². The molecule has 0 bridgehead atoms. The molecule has 1 atom stereocenters. The second kappa shape index (κ2) is 4.62. The number of rotatable bonds is 3. The molecule has 0 aromatic carbocycles. The van der Waals surface area contributed by atoms with Gasteiger partial charge in [-0.2, -0.15) is 12.6 Å². The summed E-state index contributed by atoms with van der Waals surface area (Å²) in [4.78, 5) is 10.6. The van der Waals surface area contributed by atoms with Crippen molar-refractivity contribution in [1.82, 2.24) is 0 Å². The number of thiol groups is 1. The van der Waals surface area contributed by atoms with Crippen LogP contribution in [0.3, 0.4) is 0 Å². The summed E-state index contributed by atoms with van der Waals surface area (Å²) in [6, 6.07) is 0. The van der Waals surface area contributed by atoms with Gasteiger partial charge in [0.25, 0.3) is 0 Å². The Hall–Kier alpha value is -0.220. The van der Waals surface area contributed by atoms with Gasteiger partial charge in [-0.05, 0) is 12.8 Å². The molecular formula is C7H12O3S. The first-order valence-corrected chi connectivity index (χ1v) is 4.34. The van der Waals surface area contributed by atoms with E-state index >= 15 is 0 Å². The molecule has 11 heavy (non-hydrogen) atoms. The predicted molar refractivity (Wildman–Crippen MR) is 43.8 cm³/mol. The molecule has 1 unspecified atom stereocenters. The van der Waals surface area contributed by atoms with Crippen molar-refractivity contribution in [1.29, 1.82) is 0 Å². The van der Waals surface area contributed by atoms with E-state index in [1.165, 1.54) is 0 Å². The summed E-state index contributed by atoms with van der Waals surface area (Å²) in [6.07, 6.45) is 2.20. The minimum atomic E-state index is -0.274. The van der Waals surface area contributed by atoms with Gasteiger partial charge in [0, 0.05) is 6.61 Å². The minimum absolute atomic E-state index is 0.124. The fraction of sp³-hybridized carbons (Fsp3) is 0.857. The largest absolute Gasteiger partial charge is 0.462 e. The van der Waals surface area contributed by atoms with Crippen LogP contribution in [-0.2, 0) is 14.3 Å². The van der Waals surface area contributed by atoms with Crippen molar-refractivity contribution in [3.63, 3.8) is 0 Å². The Morgan fingerprint density at radius 2 is 2.55 bits per heavy atom. The van der Waals surface area contributed by atoms with Gasteiger partial charge in [0.05, 0.1) is 11.9 Å². The van der Waals surface area contributed by atoms with Crippen molar-refractivity contribution in [2.24, 2.45) is 0 Å². The molecule has 1 aliphatic rings. The first-order valence-electron chi connectivity index (χ1n) is 3.71. The van der Waals surface area contributed by atoms with Gasteiger partial charge >= 0.3 is 5.97 Å². The van der Waals surface area contributed by atoms with Crippen molar-refractivity contribution >= 4 is 18.6 Å². The van der Waals surface area contributed by atoms with Crippen molar-refractivity contribution in [2.75, 3.05) is 19.0 Å². The fourth-order valence-corrected chi connectivity index (χ4v) is 1.10. The van der Waals surface area contributed by atoms with E-state index in [1.54, 1.807) is 0 Å². The summed E-state index contributed by atoms with van der Waals surface area (Å²) in [6.45, 7) is 1.18. The van der Waals surface area contributed by atoms with Crippen LogP contribution in [0.1, 0.15) is 12.8 Å². The Bertz CT molecular complexity index is 132. The predicted octanol–water partition coefficient (Wildman–Crippen LogP) is 0.638. The van der Waals surface area contributed by atoms with Crippen molar-refractivity contribution in [2.45, 2.75) is 18.9 Å². The van der Waals surface area contributed by atoms with Crippen LogP contribution in [0.4, 0.5) is 0 Å². The second-order valence-electron chi connectivity index (χ2n) is 2.48. The topological polar surface area (TPSA) is 35.5 Å². The third kappa shape index (κ3) is 3.12. The molecule has 0 amide bonds. The molecule has 0 spiro atoms. The smallest absolute Gasteiger partial charge is 0.315 e. The average Bonchev–Trinajstić information content (AvgIpc) is 2.52. The standard InChI is InChI=1S/C7H12O3S/c8-7(5-11)10-4-6-2-1-3-9-6/h6,11H,1-5H2. The highest BCUT2D eigenvalue weighted by Gasteiger charge is 2.16. The maximum Gasteiger partial charge on any atom is 0.315 e. The molecular weight excluding hydrogens is 164 g/mol. The maximum atomic E-state index is 10.6. The van der Waals surface area contributed by atoms with Gasteiger partial charge in [-0.1, -0.05) is 0 Å².